The van der Waals surface area contributed by atoms with Crippen molar-refractivity contribution in [3.05, 3.63) is 30.1 Å². The SMILES string of the molecule is NC1CCCCCC1NS(=O)(=O)c1ccc(F)cc1. The Balaban J connectivity index is 2.13. The Morgan fingerprint density at radius 3 is 2.42 bits per heavy atom. The molecule has 1 aromatic carbocycles. The molecule has 2 unspecified atom stereocenters. The van der Waals surface area contributed by atoms with E-state index in [1.807, 2.05) is 0 Å². The molecule has 1 aromatic rings. The predicted octanol–water partition coefficient (Wildman–Crippen LogP) is 1.76. The molecule has 0 radical (unpaired) electrons. The largest absolute Gasteiger partial charge is 0.326 e. The lowest BCUT2D eigenvalue weighted by Gasteiger charge is -2.22. The zero-order valence-electron chi connectivity index (χ0n) is 10.7. The van der Waals surface area contributed by atoms with Crippen LogP contribution in [-0.2, 0) is 10.0 Å². The summed E-state index contributed by atoms with van der Waals surface area (Å²) in [6, 6.07) is 4.42. The van der Waals surface area contributed by atoms with E-state index in [2.05, 4.69) is 4.72 Å². The van der Waals surface area contributed by atoms with E-state index in [9.17, 15) is 12.8 Å². The second kappa shape index (κ2) is 5.98. The lowest BCUT2D eigenvalue weighted by atomic mass is 10.1. The molecule has 1 aliphatic rings. The molecule has 1 fully saturated rings. The minimum atomic E-state index is -3.62. The van der Waals surface area contributed by atoms with Crippen molar-refractivity contribution in [1.29, 1.82) is 0 Å². The number of hydrogen-bond acceptors (Lipinski definition) is 3. The molecule has 106 valence electrons. The van der Waals surface area contributed by atoms with Crippen LogP contribution in [0.2, 0.25) is 0 Å². The highest BCUT2D eigenvalue weighted by atomic mass is 32.2. The average molecular weight is 286 g/mol. The van der Waals surface area contributed by atoms with Crippen molar-refractivity contribution in [3.8, 4) is 0 Å². The van der Waals surface area contributed by atoms with E-state index in [0.29, 0.717) is 0 Å². The van der Waals surface area contributed by atoms with Crippen LogP contribution in [-0.4, -0.2) is 20.5 Å². The summed E-state index contributed by atoms with van der Waals surface area (Å²) in [6.45, 7) is 0. The van der Waals surface area contributed by atoms with Crippen LogP contribution in [0.3, 0.4) is 0 Å². The van der Waals surface area contributed by atoms with E-state index in [4.69, 9.17) is 5.73 Å². The Bertz CT molecular complexity index is 516. The van der Waals surface area contributed by atoms with Crippen molar-refractivity contribution in [1.82, 2.24) is 4.72 Å². The molecule has 0 bridgehead atoms. The van der Waals surface area contributed by atoms with Crippen molar-refractivity contribution >= 4 is 10.0 Å². The summed E-state index contributed by atoms with van der Waals surface area (Å²) in [5.41, 5.74) is 6.00. The number of hydrogen-bond donors (Lipinski definition) is 2. The number of nitrogens with one attached hydrogen (secondary N) is 1. The minimum absolute atomic E-state index is 0.0744. The highest BCUT2D eigenvalue weighted by Crippen LogP contribution is 2.19. The van der Waals surface area contributed by atoms with Gasteiger partial charge < -0.3 is 5.73 Å². The Hall–Kier alpha value is -0.980. The number of benzene rings is 1. The summed E-state index contributed by atoms with van der Waals surface area (Å²) in [5, 5.41) is 0. The average Bonchev–Trinajstić information content (AvgIpc) is 2.55. The van der Waals surface area contributed by atoms with Crippen LogP contribution >= 0.6 is 0 Å². The summed E-state index contributed by atoms with van der Waals surface area (Å²) >= 11 is 0. The Labute approximate surface area is 113 Å². The molecule has 0 heterocycles. The van der Waals surface area contributed by atoms with Gasteiger partial charge in [-0.05, 0) is 37.1 Å². The number of halogens is 1. The summed E-state index contributed by atoms with van der Waals surface area (Å²) in [5.74, 6) is -0.454. The van der Waals surface area contributed by atoms with Gasteiger partial charge in [-0.25, -0.2) is 17.5 Å². The Morgan fingerprint density at radius 2 is 1.74 bits per heavy atom. The van der Waals surface area contributed by atoms with Gasteiger partial charge in [0.1, 0.15) is 5.82 Å². The first-order chi connectivity index (χ1) is 8.99. The first-order valence-electron chi connectivity index (χ1n) is 6.52. The van der Waals surface area contributed by atoms with Crippen LogP contribution in [0, 0.1) is 5.82 Å². The van der Waals surface area contributed by atoms with E-state index < -0.39 is 15.8 Å². The van der Waals surface area contributed by atoms with E-state index in [1.165, 1.54) is 12.1 Å². The highest BCUT2D eigenvalue weighted by Gasteiger charge is 2.26. The molecule has 19 heavy (non-hydrogen) atoms. The maximum Gasteiger partial charge on any atom is 0.240 e. The first kappa shape index (κ1) is 14.4. The van der Waals surface area contributed by atoms with E-state index in [-0.39, 0.29) is 17.0 Å². The molecule has 1 saturated carbocycles. The normalized spacial score (nSPS) is 24.9. The van der Waals surface area contributed by atoms with Gasteiger partial charge in [-0.3, -0.25) is 0 Å². The summed E-state index contributed by atoms with van der Waals surface area (Å²) in [6.07, 6.45) is 4.68. The molecule has 2 atom stereocenters. The highest BCUT2D eigenvalue weighted by molar-refractivity contribution is 7.89. The molecule has 6 heteroatoms. The summed E-state index contributed by atoms with van der Waals surface area (Å²) < 4.78 is 39.8. The molecular formula is C13H19FN2O2S. The predicted molar refractivity (Wildman–Crippen MR) is 71.6 cm³/mol. The molecule has 0 saturated heterocycles. The first-order valence-corrected chi connectivity index (χ1v) is 8.01. The molecule has 2 rings (SSSR count). The third-order valence-electron chi connectivity index (χ3n) is 3.50. The van der Waals surface area contributed by atoms with Crippen LogP contribution in [0.5, 0.6) is 0 Å². The monoisotopic (exact) mass is 286 g/mol. The zero-order valence-corrected chi connectivity index (χ0v) is 11.5. The standard InChI is InChI=1S/C13H19FN2O2S/c14-10-6-8-11(9-7-10)19(17,18)16-13-5-3-1-2-4-12(13)15/h6-9,12-13,16H,1-5,15H2. The van der Waals surface area contributed by atoms with Gasteiger partial charge in [-0.1, -0.05) is 19.3 Å². The van der Waals surface area contributed by atoms with Gasteiger partial charge in [0, 0.05) is 12.1 Å². The van der Waals surface area contributed by atoms with Crippen molar-refractivity contribution in [2.45, 2.75) is 49.1 Å². The van der Waals surface area contributed by atoms with E-state index in [1.54, 1.807) is 0 Å². The number of rotatable bonds is 3. The quantitative estimate of drug-likeness (QED) is 0.832. The molecule has 1 aliphatic carbocycles. The zero-order chi connectivity index (χ0) is 13.9. The minimum Gasteiger partial charge on any atom is -0.326 e. The fraction of sp³-hybridized carbons (Fsp3) is 0.538. The fourth-order valence-electron chi connectivity index (χ4n) is 2.36. The molecular weight excluding hydrogens is 267 g/mol. The second-order valence-electron chi connectivity index (χ2n) is 4.98. The Kier molecular flexibility index (Phi) is 4.54. The summed E-state index contributed by atoms with van der Waals surface area (Å²) in [4.78, 5) is 0.0744. The van der Waals surface area contributed by atoms with Crippen LogP contribution in [0.1, 0.15) is 32.1 Å². The van der Waals surface area contributed by atoms with E-state index >= 15 is 0 Å². The second-order valence-corrected chi connectivity index (χ2v) is 6.70. The van der Waals surface area contributed by atoms with Crippen LogP contribution in [0.25, 0.3) is 0 Å². The third-order valence-corrected chi connectivity index (χ3v) is 5.01. The fourth-order valence-corrected chi connectivity index (χ4v) is 3.69. The maximum absolute atomic E-state index is 12.8. The lowest BCUT2D eigenvalue weighted by molar-refractivity contribution is 0.456. The Morgan fingerprint density at radius 1 is 1.11 bits per heavy atom. The third kappa shape index (κ3) is 3.75. The van der Waals surface area contributed by atoms with Gasteiger partial charge in [0.25, 0.3) is 0 Å². The van der Waals surface area contributed by atoms with Gasteiger partial charge in [-0.15, -0.1) is 0 Å². The van der Waals surface area contributed by atoms with E-state index in [0.717, 1.165) is 44.2 Å². The molecule has 0 aliphatic heterocycles. The molecule has 3 N–H and O–H groups in total. The van der Waals surface area contributed by atoms with Gasteiger partial charge >= 0.3 is 0 Å². The van der Waals surface area contributed by atoms with Crippen molar-refractivity contribution in [3.63, 3.8) is 0 Å². The lowest BCUT2D eigenvalue weighted by Crippen LogP contribution is -2.46. The van der Waals surface area contributed by atoms with Gasteiger partial charge in [0.05, 0.1) is 4.90 Å². The molecule has 4 nitrogen and oxygen atoms in total. The maximum atomic E-state index is 12.8. The molecule has 0 amide bonds. The molecule has 0 spiro atoms. The van der Waals surface area contributed by atoms with Gasteiger partial charge in [0.2, 0.25) is 10.0 Å². The summed E-state index contributed by atoms with van der Waals surface area (Å²) in [7, 11) is -3.62. The molecule has 0 aromatic heterocycles. The van der Waals surface area contributed by atoms with Crippen LogP contribution in [0.4, 0.5) is 4.39 Å². The van der Waals surface area contributed by atoms with Gasteiger partial charge in [0.15, 0.2) is 0 Å². The smallest absolute Gasteiger partial charge is 0.240 e. The number of sulfonamides is 1. The van der Waals surface area contributed by atoms with Crippen molar-refractivity contribution in [2.24, 2.45) is 5.73 Å². The topological polar surface area (TPSA) is 72.2 Å². The van der Waals surface area contributed by atoms with Crippen LogP contribution in [0.15, 0.2) is 29.2 Å². The van der Waals surface area contributed by atoms with Crippen molar-refractivity contribution < 1.29 is 12.8 Å². The van der Waals surface area contributed by atoms with Gasteiger partial charge in [-0.2, -0.15) is 0 Å². The van der Waals surface area contributed by atoms with Crippen LogP contribution < -0.4 is 10.5 Å². The van der Waals surface area contributed by atoms with Crippen molar-refractivity contribution in [2.75, 3.05) is 0 Å². The number of nitrogens with two attached hydrogens (primary N) is 1.